The van der Waals surface area contributed by atoms with Crippen LogP contribution in [0.25, 0.3) is 10.8 Å². The van der Waals surface area contributed by atoms with Gasteiger partial charge >= 0.3 is 0 Å². The Kier molecular flexibility index (Phi) is 1.90. The molecule has 24 heavy (non-hydrogen) atoms. The van der Waals surface area contributed by atoms with Crippen LogP contribution in [-0.4, -0.2) is 0 Å². The van der Waals surface area contributed by atoms with Gasteiger partial charge in [0, 0.05) is 0 Å². The first-order valence-corrected chi connectivity index (χ1v) is 8.70. The molecule has 4 bridgehead atoms. The second-order valence-corrected chi connectivity index (χ2v) is 8.44. The van der Waals surface area contributed by atoms with Gasteiger partial charge in [-0.3, -0.25) is 0 Å². The van der Waals surface area contributed by atoms with Crippen LogP contribution in [0.15, 0.2) is 48.6 Å². The van der Waals surface area contributed by atoms with Crippen LogP contribution in [-0.2, 0) is 31.9 Å². The minimum Gasteiger partial charge on any atom is -0.351 e. The normalized spacial score (nSPS) is 43.0. The molecule has 2 aromatic rings. The summed E-state index contributed by atoms with van der Waals surface area (Å²) < 4.78 is 12.7. The molecule has 6 rings (SSSR count). The third-order valence-corrected chi connectivity index (χ3v) is 6.54. The van der Waals surface area contributed by atoms with E-state index in [1.54, 1.807) is 0 Å². The van der Waals surface area contributed by atoms with Crippen molar-refractivity contribution < 1.29 is 9.47 Å². The first-order valence-electron chi connectivity index (χ1n) is 8.70. The van der Waals surface area contributed by atoms with Crippen molar-refractivity contribution in [3.05, 3.63) is 70.8 Å². The summed E-state index contributed by atoms with van der Waals surface area (Å²) in [5.74, 6) is 0. The zero-order valence-electron chi connectivity index (χ0n) is 14.4. The van der Waals surface area contributed by atoms with Crippen molar-refractivity contribution in [2.45, 2.75) is 50.1 Å². The SMILES string of the molecule is CC12C=CC(C)(O1)c1cc3cc4c(cc3cc12)C1(C)C=CC4(C)O1. The van der Waals surface area contributed by atoms with Crippen LogP contribution in [0.4, 0.5) is 0 Å². The number of hydrogen-bond donors (Lipinski definition) is 0. The summed E-state index contributed by atoms with van der Waals surface area (Å²) in [5.41, 5.74) is 4.05. The van der Waals surface area contributed by atoms with Crippen molar-refractivity contribution in [2.24, 2.45) is 0 Å². The van der Waals surface area contributed by atoms with E-state index in [0.717, 1.165) is 0 Å². The lowest BCUT2D eigenvalue weighted by atomic mass is 9.78. The van der Waals surface area contributed by atoms with Gasteiger partial charge in [0.05, 0.1) is 0 Å². The quantitative estimate of drug-likeness (QED) is 0.644. The Labute approximate surface area is 141 Å². The molecule has 4 atom stereocenters. The Bertz CT molecular complexity index is 875. The summed E-state index contributed by atoms with van der Waals surface area (Å²) in [6.45, 7) is 8.65. The van der Waals surface area contributed by atoms with E-state index in [0.29, 0.717) is 0 Å². The molecule has 2 heteroatoms. The number of ether oxygens (including phenoxy) is 2. The van der Waals surface area contributed by atoms with Gasteiger partial charge in [-0.15, -0.1) is 0 Å². The lowest BCUT2D eigenvalue weighted by Gasteiger charge is -2.22. The van der Waals surface area contributed by atoms with Gasteiger partial charge in [0.15, 0.2) is 0 Å². The molecule has 4 unspecified atom stereocenters. The Morgan fingerprint density at radius 1 is 0.500 bits per heavy atom. The van der Waals surface area contributed by atoms with E-state index < -0.39 is 0 Å². The molecule has 4 heterocycles. The predicted molar refractivity (Wildman–Crippen MR) is 93.8 cm³/mol. The Morgan fingerprint density at radius 2 is 0.750 bits per heavy atom. The highest BCUT2D eigenvalue weighted by Crippen LogP contribution is 2.57. The Morgan fingerprint density at radius 3 is 1.00 bits per heavy atom. The average molecular weight is 316 g/mol. The van der Waals surface area contributed by atoms with Crippen molar-refractivity contribution in [1.82, 2.24) is 0 Å². The largest absolute Gasteiger partial charge is 0.351 e. The maximum absolute atomic E-state index is 6.34. The van der Waals surface area contributed by atoms with Crippen LogP contribution in [0.1, 0.15) is 49.9 Å². The molecule has 0 saturated heterocycles. The van der Waals surface area contributed by atoms with E-state index in [4.69, 9.17) is 9.47 Å². The highest BCUT2D eigenvalue weighted by molar-refractivity contribution is 5.88. The van der Waals surface area contributed by atoms with Crippen molar-refractivity contribution in [2.75, 3.05) is 0 Å². The van der Waals surface area contributed by atoms with Gasteiger partial charge < -0.3 is 9.47 Å². The van der Waals surface area contributed by atoms with E-state index in [2.05, 4.69) is 76.3 Å². The van der Waals surface area contributed by atoms with E-state index >= 15 is 0 Å². The van der Waals surface area contributed by atoms with Gasteiger partial charge in [0.25, 0.3) is 0 Å². The summed E-state index contributed by atoms with van der Waals surface area (Å²) in [4.78, 5) is 0. The number of hydrogen-bond acceptors (Lipinski definition) is 2. The molecule has 0 fully saturated rings. The molecule has 4 aliphatic heterocycles. The first-order chi connectivity index (χ1) is 11.2. The molecule has 0 saturated carbocycles. The maximum atomic E-state index is 6.34. The highest BCUT2D eigenvalue weighted by Gasteiger charge is 2.52. The summed E-state index contributed by atoms with van der Waals surface area (Å²) in [6.07, 6.45) is 8.80. The van der Waals surface area contributed by atoms with Crippen LogP contribution in [0.3, 0.4) is 0 Å². The van der Waals surface area contributed by atoms with E-state index in [1.165, 1.54) is 33.0 Å². The molecular weight excluding hydrogens is 296 g/mol. The van der Waals surface area contributed by atoms with Crippen LogP contribution >= 0.6 is 0 Å². The van der Waals surface area contributed by atoms with Crippen LogP contribution in [0, 0.1) is 0 Å². The van der Waals surface area contributed by atoms with Crippen molar-refractivity contribution in [1.29, 1.82) is 0 Å². The average Bonchev–Trinajstić information content (AvgIpc) is 3.16. The number of rotatable bonds is 0. The molecule has 0 amide bonds. The molecule has 2 aromatic carbocycles. The zero-order chi connectivity index (χ0) is 16.5. The lowest BCUT2D eigenvalue weighted by Crippen LogP contribution is -2.17. The zero-order valence-corrected chi connectivity index (χ0v) is 14.4. The van der Waals surface area contributed by atoms with Gasteiger partial charge in [0.2, 0.25) is 0 Å². The molecule has 0 N–H and O–H groups in total. The third kappa shape index (κ3) is 1.27. The second kappa shape index (κ2) is 3.40. The minimum absolute atomic E-state index is 0.289. The van der Waals surface area contributed by atoms with E-state index in [9.17, 15) is 0 Å². The third-order valence-electron chi connectivity index (χ3n) is 6.54. The standard InChI is InChI=1S/C22H20O2/c1-19-5-6-20(2,23-19)16-10-14-12-18-17(11-13(14)9-15(16)19)21(3)7-8-22(18,4)24-21/h5-12H,1-4H3. The van der Waals surface area contributed by atoms with Crippen molar-refractivity contribution in [3.63, 3.8) is 0 Å². The van der Waals surface area contributed by atoms with Gasteiger partial charge in [0.1, 0.15) is 22.4 Å². The van der Waals surface area contributed by atoms with Crippen molar-refractivity contribution >= 4 is 10.8 Å². The molecule has 0 radical (unpaired) electrons. The van der Waals surface area contributed by atoms with Gasteiger partial charge in [-0.2, -0.15) is 0 Å². The molecule has 4 aliphatic rings. The van der Waals surface area contributed by atoms with Gasteiger partial charge in [-0.1, -0.05) is 0 Å². The second-order valence-electron chi connectivity index (χ2n) is 8.44. The maximum Gasteiger partial charge on any atom is 0.111 e. The van der Waals surface area contributed by atoms with Gasteiger partial charge in [-0.05, 0) is 109 Å². The fourth-order valence-electron chi connectivity index (χ4n) is 5.22. The molecule has 0 spiro atoms. The van der Waals surface area contributed by atoms with Crippen molar-refractivity contribution in [3.8, 4) is 0 Å². The topological polar surface area (TPSA) is 18.5 Å². The number of fused-ring (bicyclic) bond motifs is 11. The molecule has 0 aromatic heterocycles. The van der Waals surface area contributed by atoms with E-state index in [1.807, 2.05) is 0 Å². The Hall–Kier alpha value is -1.90. The fourth-order valence-corrected chi connectivity index (χ4v) is 5.22. The fraction of sp³-hybridized carbons (Fsp3) is 0.364. The monoisotopic (exact) mass is 316 g/mol. The summed E-state index contributed by atoms with van der Waals surface area (Å²) in [5, 5.41) is 2.55. The minimum atomic E-state index is -0.289. The van der Waals surface area contributed by atoms with Crippen LogP contribution in [0.5, 0.6) is 0 Å². The smallest absolute Gasteiger partial charge is 0.111 e. The lowest BCUT2D eigenvalue weighted by molar-refractivity contribution is -0.0496. The van der Waals surface area contributed by atoms with Crippen LogP contribution in [0.2, 0.25) is 0 Å². The summed E-state index contributed by atoms with van der Waals surface area (Å²) >= 11 is 0. The molecule has 120 valence electrons. The number of benzene rings is 2. The summed E-state index contributed by atoms with van der Waals surface area (Å²) in [7, 11) is 0. The molecular formula is C22H20O2. The molecule has 0 aliphatic carbocycles. The van der Waals surface area contributed by atoms with Gasteiger partial charge in [-0.25, -0.2) is 0 Å². The van der Waals surface area contributed by atoms with E-state index in [-0.39, 0.29) is 22.4 Å². The molecule has 2 nitrogen and oxygen atoms in total. The first kappa shape index (κ1) is 13.4. The summed E-state index contributed by atoms with van der Waals surface area (Å²) in [6, 6.07) is 9.28. The predicted octanol–water partition coefficient (Wildman–Crippen LogP) is 4.90. The Balaban J connectivity index is 1.68. The van der Waals surface area contributed by atoms with Crippen LogP contribution < -0.4 is 0 Å². The highest BCUT2D eigenvalue weighted by atomic mass is 16.5.